The Kier molecular flexibility index (Phi) is 4.75. The van der Waals surface area contributed by atoms with Crippen molar-refractivity contribution in [3.05, 3.63) is 42.7 Å². The fraction of sp³-hybridized carbons (Fsp3) is 0.353. The van der Waals surface area contributed by atoms with Gasteiger partial charge in [-0.05, 0) is 37.6 Å². The second kappa shape index (κ2) is 7.13. The molecular formula is C17H21N5. The maximum Gasteiger partial charge on any atom is 0.112 e. The zero-order chi connectivity index (χ0) is 15.2. The Morgan fingerprint density at radius 1 is 0.909 bits per heavy atom. The molecule has 0 amide bonds. The molecule has 0 saturated heterocycles. The number of nitrogens with two attached hydrogens (primary N) is 1. The van der Waals surface area contributed by atoms with Gasteiger partial charge in [-0.3, -0.25) is 9.67 Å². The monoisotopic (exact) mass is 295 g/mol. The molecule has 0 aliphatic rings. The largest absolute Gasteiger partial charge is 0.330 e. The van der Waals surface area contributed by atoms with Gasteiger partial charge in [0.05, 0.1) is 17.2 Å². The van der Waals surface area contributed by atoms with Crippen LogP contribution in [0.15, 0.2) is 42.7 Å². The molecule has 5 heteroatoms. The lowest BCUT2D eigenvalue weighted by atomic mass is 10.2. The first-order chi connectivity index (χ1) is 10.9. The van der Waals surface area contributed by atoms with Crippen LogP contribution in [0.2, 0.25) is 0 Å². The molecule has 0 radical (unpaired) electrons. The van der Waals surface area contributed by atoms with Gasteiger partial charge in [0.25, 0.3) is 0 Å². The fourth-order valence-corrected chi connectivity index (χ4v) is 2.48. The molecular weight excluding hydrogens is 274 g/mol. The van der Waals surface area contributed by atoms with Crippen LogP contribution in [0.4, 0.5) is 0 Å². The van der Waals surface area contributed by atoms with Crippen LogP contribution in [-0.4, -0.2) is 26.3 Å². The van der Waals surface area contributed by atoms with E-state index in [1.54, 1.807) is 6.20 Å². The average Bonchev–Trinajstić information content (AvgIpc) is 3.03. The molecule has 2 heterocycles. The van der Waals surface area contributed by atoms with Gasteiger partial charge in [-0.25, -0.2) is 4.98 Å². The van der Waals surface area contributed by atoms with Crippen LogP contribution in [0.3, 0.4) is 0 Å². The van der Waals surface area contributed by atoms with Crippen LogP contribution in [0.5, 0.6) is 0 Å². The molecule has 3 rings (SSSR count). The van der Waals surface area contributed by atoms with Crippen LogP contribution in [0, 0.1) is 0 Å². The molecule has 0 unspecified atom stereocenters. The standard InChI is InChI=1S/C17H21N5/c18-10-5-1-2-6-11-22-12-9-16(21-22)17-13-19-14-7-3-4-8-15(14)20-17/h3-4,7-9,12-13H,1-2,5-6,10-11,18H2. The lowest BCUT2D eigenvalue weighted by Gasteiger charge is -2.02. The summed E-state index contributed by atoms with van der Waals surface area (Å²) in [5, 5.41) is 4.59. The summed E-state index contributed by atoms with van der Waals surface area (Å²) in [5.41, 5.74) is 9.00. The highest BCUT2D eigenvalue weighted by molar-refractivity contribution is 5.76. The van der Waals surface area contributed by atoms with Gasteiger partial charge in [0.15, 0.2) is 0 Å². The van der Waals surface area contributed by atoms with Gasteiger partial charge in [-0.1, -0.05) is 25.0 Å². The number of hydrogen-bond donors (Lipinski definition) is 1. The van der Waals surface area contributed by atoms with E-state index >= 15 is 0 Å². The van der Waals surface area contributed by atoms with E-state index in [2.05, 4.69) is 15.1 Å². The Labute approximate surface area is 130 Å². The molecule has 0 bridgehead atoms. The molecule has 114 valence electrons. The summed E-state index contributed by atoms with van der Waals surface area (Å²) in [7, 11) is 0. The van der Waals surface area contributed by atoms with Gasteiger partial charge in [-0.2, -0.15) is 5.10 Å². The third-order valence-corrected chi connectivity index (χ3v) is 3.69. The SMILES string of the molecule is NCCCCCCn1ccc(-c2cnc3ccccc3n2)n1. The van der Waals surface area contributed by atoms with Gasteiger partial charge in [0.2, 0.25) is 0 Å². The molecule has 0 aliphatic heterocycles. The molecule has 0 atom stereocenters. The van der Waals surface area contributed by atoms with Crippen molar-refractivity contribution in [2.75, 3.05) is 6.54 Å². The summed E-state index contributed by atoms with van der Waals surface area (Å²) in [4.78, 5) is 9.07. The van der Waals surface area contributed by atoms with Crippen LogP contribution < -0.4 is 5.73 Å². The maximum atomic E-state index is 5.50. The van der Waals surface area contributed by atoms with Crippen molar-refractivity contribution >= 4 is 11.0 Å². The lowest BCUT2D eigenvalue weighted by Crippen LogP contribution is -2.01. The summed E-state index contributed by atoms with van der Waals surface area (Å²) in [6, 6.07) is 9.88. The van der Waals surface area contributed by atoms with Crippen molar-refractivity contribution in [3.63, 3.8) is 0 Å². The predicted molar refractivity (Wildman–Crippen MR) is 88.3 cm³/mol. The normalized spacial score (nSPS) is 11.1. The van der Waals surface area contributed by atoms with E-state index in [9.17, 15) is 0 Å². The molecule has 1 aromatic carbocycles. The minimum absolute atomic E-state index is 0.784. The van der Waals surface area contributed by atoms with Crippen LogP contribution in [-0.2, 0) is 6.54 Å². The predicted octanol–water partition coefficient (Wildman–Crippen LogP) is 3.01. The number of fused-ring (bicyclic) bond motifs is 1. The summed E-state index contributed by atoms with van der Waals surface area (Å²) in [5.74, 6) is 0. The molecule has 2 aromatic heterocycles. The smallest absolute Gasteiger partial charge is 0.112 e. The molecule has 0 saturated carbocycles. The third kappa shape index (κ3) is 3.49. The Bertz CT molecular complexity index is 735. The number of benzene rings is 1. The summed E-state index contributed by atoms with van der Waals surface area (Å²) >= 11 is 0. The molecule has 2 N–H and O–H groups in total. The maximum absolute atomic E-state index is 5.50. The van der Waals surface area contributed by atoms with Crippen molar-refractivity contribution in [2.45, 2.75) is 32.2 Å². The number of unbranched alkanes of at least 4 members (excludes halogenated alkanes) is 3. The first-order valence-corrected chi connectivity index (χ1v) is 7.82. The second-order valence-corrected chi connectivity index (χ2v) is 5.41. The number of hydrogen-bond acceptors (Lipinski definition) is 4. The Balaban J connectivity index is 1.66. The van der Waals surface area contributed by atoms with E-state index < -0.39 is 0 Å². The summed E-state index contributed by atoms with van der Waals surface area (Å²) < 4.78 is 1.98. The van der Waals surface area contributed by atoms with Gasteiger partial charge in [0, 0.05) is 12.7 Å². The Hall–Kier alpha value is -2.27. The number of nitrogens with zero attached hydrogens (tertiary/aromatic N) is 4. The Morgan fingerprint density at radius 2 is 1.73 bits per heavy atom. The second-order valence-electron chi connectivity index (χ2n) is 5.41. The van der Waals surface area contributed by atoms with Crippen molar-refractivity contribution in [1.29, 1.82) is 0 Å². The van der Waals surface area contributed by atoms with Gasteiger partial charge < -0.3 is 5.73 Å². The number of rotatable bonds is 7. The quantitative estimate of drug-likeness (QED) is 0.680. The van der Waals surface area contributed by atoms with Gasteiger partial charge in [-0.15, -0.1) is 0 Å². The van der Waals surface area contributed by atoms with E-state index in [1.807, 2.05) is 41.2 Å². The average molecular weight is 295 g/mol. The lowest BCUT2D eigenvalue weighted by molar-refractivity contribution is 0.538. The third-order valence-electron chi connectivity index (χ3n) is 3.69. The zero-order valence-corrected chi connectivity index (χ0v) is 12.7. The molecule has 0 spiro atoms. The topological polar surface area (TPSA) is 69.6 Å². The number of aromatic nitrogens is 4. The van der Waals surface area contributed by atoms with E-state index in [4.69, 9.17) is 5.73 Å². The van der Waals surface area contributed by atoms with Crippen molar-refractivity contribution in [2.24, 2.45) is 5.73 Å². The minimum Gasteiger partial charge on any atom is -0.330 e. The number of aryl methyl sites for hydroxylation is 1. The van der Waals surface area contributed by atoms with Gasteiger partial charge >= 0.3 is 0 Å². The van der Waals surface area contributed by atoms with E-state index in [0.29, 0.717) is 0 Å². The molecule has 22 heavy (non-hydrogen) atoms. The molecule has 0 fully saturated rings. The minimum atomic E-state index is 0.784. The van der Waals surface area contributed by atoms with E-state index in [1.165, 1.54) is 12.8 Å². The summed E-state index contributed by atoms with van der Waals surface area (Å²) in [6.45, 7) is 1.72. The summed E-state index contributed by atoms with van der Waals surface area (Å²) in [6.07, 6.45) is 8.43. The molecule has 0 aliphatic carbocycles. The highest BCUT2D eigenvalue weighted by Gasteiger charge is 2.06. The van der Waals surface area contributed by atoms with Crippen molar-refractivity contribution < 1.29 is 0 Å². The highest BCUT2D eigenvalue weighted by atomic mass is 15.3. The number of para-hydroxylation sites is 2. The zero-order valence-electron chi connectivity index (χ0n) is 12.7. The van der Waals surface area contributed by atoms with Crippen LogP contribution in [0.25, 0.3) is 22.4 Å². The van der Waals surface area contributed by atoms with Crippen LogP contribution >= 0.6 is 0 Å². The van der Waals surface area contributed by atoms with E-state index in [-0.39, 0.29) is 0 Å². The first-order valence-electron chi connectivity index (χ1n) is 7.82. The fourth-order valence-electron chi connectivity index (χ4n) is 2.48. The first kappa shape index (κ1) is 14.7. The molecule has 5 nitrogen and oxygen atoms in total. The molecule has 3 aromatic rings. The Morgan fingerprint density at radius 3 is 2.59 bits per heavy atom. The van der Waals surface area contributed by atoms with Crippen molar-refractivity contribution in [1.82, 2.24) is 19.7 Å². The van der Waals surface area contributed by atoms with Crippen molar-refractivity contribution in [3.8, 4) is 11.4 Å². The van der Waals surface area contributed by atoms with Gasteiger partial charge in [0.1, 0.15) is 11.4 Å². The van der Waals surface area contributed by atoms with E-state index in [0.717, 1.165) is 48.4 Å². The highest BCUT2D eigenvalue weighted by Crippen LogP contribution is 2.17. The van der Waals surface area contributed by atoms with Crippen LogP contribution in [0.1, 0.15) is 25.7 Å².